The van der Waals surface area contributed by atoms with E-state index in [0.717, 1.165) is 6.07 Å². The fourth-order valence-corrected chi connectivity index (χ4v) is 3.95. The summed E-state index contributed by atoms with van der Waals surface area (Å²) in [6.45, 7) is 4.32. The van der Waals surface area contributed by atoms with E-state index in [9.17, 15) is 18.0 Å². The molecule has 0 aliphatic carbocycles. The maximum Gasteiger partial charge on any atom is 0.263 e. The van der Waals surface area contributed by atoms with Gasteiger partial charge in [0.2, 0.25) is 5.91 Å². The zero-order valence-electron chi connectivity index (χ0n) is 16.0. The molecule has 156 valence electrons. The monoisotopic (exact) mass is 439 g/mol. The number of rotatable bonds is 9. The largest absolute Gasteiger partial charge is 0.494 e. The summed E-state index contributed by atoms with van der Waals surface area (Å²) in [6, 6.07) is 10.2. The van der Waals surface area contributed by atoms with Crippen LogP contribution in [-0.4, -0.2) is 39.9 Å². The Morgan fingerprint density at radius 2 is 1.72 bits per heavy atom. The van der Waals surface area contributed by atoms with Crippen molar-refractivity contribution in [3.05, 3.63) is 53.1 Å². The second-order valence-electron chi connectivity index (χ2n) is 5.84. The average Bonchev–Trinajstić information content (AvgIpc) is 2.68. The summed E-state index contributed by atoms with van der Waals surface area (Å²) < 4.78 is 33.2. The number of amides is 2. The van der Waals surface area contributed by atoms with Crippen molar-refractivity contribution in [2.75, 3.05) is 24.4 Å². The Morgan fingerprint density at radius 3 is 2.34 bits per heavy atom. The SMILES string of the molecule is CCNC(=O)CNC(=O)c1ccc(Cl)c(S(=O)(=O)Nc2ccc(OCC)cc2)c1. The third-order valence-corrected chi connectivity index (χ3v) is 5.55. The maximum absolute atomic E-state index is 12.7. The Kier molecular flexibility index (Phi) is 7.86. The molecular weight excluding hydrogens is 418 g/mol. The molecule has 0 atom stereocenters. The minimum absolute atomic E-state index is 0.0382. The highest BCUT2D eigenvalue weighted by Crippen LogP contribution is 2.26. The van der Waals surface area contributed by atoms with Crippen LogP contribution in [0.2, 0.25) is 5.02 Å². The summed E-state index contributed by atoms with van der Waals surface area (Å²) in [5.74, 6) is -0.329. The van der Waals surface area contributed by atoms with Crippen LogP contribution in [0.5, 0.6) is 5.75 Å². The number of carbonyl (C=O) groups excluding carboxylic acids is 2. The first-order valence-electron chi connectivity index (χ1n) is 8.87. The van der Waals surface area contributed by atoms with Gasteiger partial charge in [0.1, 0.15) is 10.6 Å². The van der Waals surface area contributed by atoms with E-state index in [0.29, 0.717) is 24.6 Å². The van der Waals surface area contributed by atoms with Gasteiger partial charge in [-0.1, -0.05) is 11.6 Å². The average molecular weight is 440 g/mol. The fourth-order valence-electron chi connectivity index (χ4n) is 2.37. The lowest BCUT2D eigenvalue weighted by molar-refractivity contribution is -0.120. The molecule has 0 heterocycles. The predicted molar refractivity (Wildman–Crippen MR) is 111 cm³/mol. The first-order chi connectivity index (χ1) is 13.8. The fraction of sp³-hybridized carbons (Fsp3) is 0.263. The Labute approximate surface area is 174 Å². The van der Waals surface area contributed by atoms with E-state index in [1.807, 2.05) is 6.92 Å². The minimum atomic E-state index is -4.05. The number of carbonyl (C=O) groups is 2. The number of anilines is 1. The van der Waals surface area contributed by atoms with E-state index in [4.69, 9.17) is 16.3 Å². The normalized spacial score (nSPS) is 10.9. The van der Waals surface area contributed by atoms with Crippen molar-refractivity contribution in [1.29, 1.82) is 0 Å². The number of hydrogen-bond acceptors (Lipinski definition) is 5. The highest BCUT2D eigenvalue weighted by Gasteiger charge is 2.21. The van der Waals surface area contributed by atoms with Gasteiger partial charge >= 0.3 is 0 Å². The van der Waals surface area contributed by atoms with Crippen LogP contribution < -0.4 is 20.1 Å². The summed E-state index contributed by atoms with van der Waals surface area (Å²) in [5.41, 5.74) is 0.376. The lowest BCUT2D eigenvalue weighted by Crippen LogP contribution is -2.36. The number of sulfonamides is 1. The number of nitrogens with one attached hydrogen (secondary N) is 3. The van der Waals surface area contributed by atoms with Gasteiger partial charge in [-0.25, -0.2) is 8.42 Å². The Hall–Kier alpha value is -2.78. The molecule has 2 rings (SSSR count). The van der Waals surface area contributed by atoms with Crippen molar-refractivity contribution in [3.8, 4) is 5.75 Å². The van der Waals surface area contributed by atoms with E-state index in [2.05, 4.69) is 15.4 Å². The molecule has 0 bridgehead atoms. The van der Waals surface area contributed by atoms with Gasteiger partial charge in [0.25, 0.3) is 15.9 Å². The molecule has 0 spiro atoms. The van der Waals surface area contributed by atoms with Crippen LogP contribution in [0.25, 0.3) is 0 Å². The predicted octanol–water partition coefficient (Wildman–Crippen LogP) is 2.41. The summed E-state index contributed by atoms with van der Waals surface area (Å²) in [7, 11) is -4.05. The van der Waals surface area contributed by atoms with Gasteiger partial charge in [-0.3, -0.25) is 14.3 Å². The summed E-state index contributed by atoms with van der Waals surface area (Å²) in [4.78, 5) is 23.5. The van der Waals surface area contributed by atoms with E-state index in [1.165, 1.54) is 12.1 Å². The highest BCUT2D eigenvalue weighted by molar-refractivity contribution is 7.92. The zero-order valence-corrected chi connectivity index (χ0v) is 17.6. The van der Waals surface area contributed by atoms with Crippen LogP contribution in [0.4, 0.5) is 5.69 Å². The lowest BCUT2D eigenvalue weighted by Gasteiger charge is -2.12. The van der Waals surface area contributed by atoms with Crippen molar-refractivity contribution in [1.82, 2.24) is 10.6 Å². The number of ether oxygens (including phenoxy) is 1. The van der Waals surface area contributed by atoms with Gasteiger partial charge < -0.3 is 15.4 Å². The van der Waals surface area contributed by atoms with Crippen LogP contribution in [-0.2, 0) is 14.8 Å². The molecule has 29 heavy (non-hydrogen) atoms. The second kappa shape index (κ2) is 10.1. The van der Waals surface area contributed by atoms with Gasteiger partial charge in [-0.2, -0.15) is 0 Å². The van der Waals surface area contributed by atoms with Crippen LogP contribution in [0.15, 0.2) is 47.4 Å². The first kappa shape index (κ1) is 22.5. The van der Waals surface area contributed by atoms with E-state index >= 15 is 0 Å². The number of hydrogen-bond donors (Lipinski definition) is 3. The molecule has 8 nitrogen and oxygen atoms in total. The molecule has 2 aromatic carbocycles. The molecule has 0 aromatic heterocycles. The van der Waals surface area contributed by atoms with Crippen molar-refractivity contribution in [3.63, 3.8) is 0 Å². The topological polar surface area (TPSA) is 114 Å². The van der Waals surface area contributed by atoms with Gasteiger partial charge in [0, 0.05) is 17.8 Å². The van der Waals surface area contributed by atoms with Crippen molar-refractivity contribution >= 4 is 39.1 Å². The molecule has 0 unspecified atom stereocenters. The molecule has 10 heteroatoms. The van der Waals surface area contributed by atoms with Crippen LogP contribution in [0.1, 0.15) is 24.2 Å². The molecule has 0 saturated heterocycles. The van der Waals surface area contributed by atoms with Crippen molar-refractivity contribution in [2.45, 2.75) is 18.7 Å². The van der Waals surface area contributed by atoms with Gasteiger partial charge in [-0.15, -0.1) is 0 Å². The van der Waals surface area contributed by atoms with Gasteiger partial charge in [0.15, 0.2) is 0 Å². The highest BCUT2D eigenvalue weighted by atomic mass is 35.5. The molecule has 0 aliphatic heterocycles. The number of benzene rings is 2. The van der Waals surface area contributed by atoms with Crippen LogP contribution in [0, 0.1) is 0 Å². The standard InChI is InChI=1S/C19H22ClN3O5S/c1-3-21-18(24)12-22-19(25)13-5-10-16(20)17(11-13)29(26,27)23-14-6-8-15(9-7-14)28-4-2/h5-11,23H,3-4,12H2,1-2H3,(H,21,24)(H,22,25). The van der Waals surface area contributed by atoms with Crippen LogP contribution in [0.3, 0.4) is 0 Å². The lowest BCUT2D eigenvalue weighted by atomic mass is 10.2. The second-order valence-corrected chi connectivity index (χ2v) is 7.90. The number of halogens is 1. The van der Waals surface area contributed by atoms with Gasteiger partial charge in [0.05, 0.1) is 18.2 Å². The Morgan fingerprint density at radius 1 is 1.03 bits per heavy atom. The summed E-state index contributed by atoms with van der Waals surface area (Å²) in [5, 5.41) is 4.93. The molecule has 0 aliphatic rings. The zero-order chi connectivity index (χ0) is 21.4. The molecule has 0 saturated carbocycles. The molecule has 0 fully saturated rings. The van der Waals surface area contributed by atoms with Crippen LogP contribution >= 0.6 is 11.6 Å². The minimum Gasteiger partial charge on any atom is -0.494 e. The summed E-state index contributed by atoms with van der Waals surface area (Å²) >= 11 is 6.05. The molecule has 2 amide bonds. The summed E-state index contributed by atoms with van der Waals surface area (Å²) in [6.07, 6.45) is 0. The van der Waals surface area contributed by atoms with E-state index in [-0.39, 0.29) is 27.9 Å². The Bertz CT molecular complexity index is 978. The van der Waals surface area contributed by atoms with Crippen molar-refractivity contribution in [2.24, 2.45) is 0 Å². The van der Waals surface area contributed by atoms with E-state index in [1.54, 1.807) is 31.2 Å². The quantitative estimate of drug-likeness (QED) is 0.555. The van der Waals surface area contributed by atoms with E-state index < -0.39 is 15.9 Å². The third-order valence-electron chi connectivity index (χ3n) is 3.68. The molecule has 0 radical (unpaired) electrons. The molecular formula is C19H22ClN3O5S. The Balaban J connectivity index is 2.18. The third kappa shape index (κ3) is 6.37. The molecule has 2 aromatic rings. The number of likely N-dealkylation sites (N-methyl/N-ethyl adjacent to an activating group) is 1. The van der Waals surface area contributed by atoms with Crippen molar-refractivity contribution < 1.29 is 22.7 Å². The smallest absolute Gasteiger partial charge is 0.263 e. The first-order valence-corrected chi connectivity index (χ1v) is 10.7. The van der Waals surface area contributed by atoms with Gasteiger partial charge in [-0.05, 0) is 56.3 Å². The maximum atomic E-state index is 12.7. The molecule has 3 N–H and O–H groups in total.